The third-order valence-electron chi connectivity index (χ3n) is 4.16. The Kier molecular flexibility index (Phi) is 4.55. The number of anilines is 1. The second kappa shape index (κ2) is 7.16. The minimum Gasteiger partial charge on any atom is -0.454 e. The molecule has 1 aliphatic rings. The van der Waals surface area contributed by atoms with Gasteiger partial charge in [-0.1, -0.05) is 41.1 Å². The minimum absolute atomic E-state index is 0.0720. The SMILES string of the molecule is Nc1c(C(=O)NCc2ccc3c(c2)OCO3)nnn1Cc1ccccc1Cl. The number of ether oxygens (including phenoxy) is 2. The summed E-state index contributed by atoms with van der Waals surface area (Å²) in [6.07, 6.45) is 0. The molecule has 0 aliphatic carbocycles. The molecule has 138 valence electrons. The van der Waals surface area contributed by atoms with E-state index in [1.54, 1.807) is 12.1 Å². The van der Waals surface area contributed by atoms with E-state index in [1.165, 1.54) is 4.68 Å². The average molecular weight is 386 g/mol. The molecule has 0 fully saturated rings. The first-order chi connectivity index (χ1) is 13.1. The number of fused-ring (bicyclic) bond motifs is 1. The van der Waals surface area contributed by atoms with Gasteiger partial charge in [-0.25, -0.2) is 4.68 Å². The average Bonchev–Trinajstić information content (AvgIpc) is 3.28. The first-order valence-corrected chi connectivity index (χ1v) is 8.58. The van der Waals surface area contributed by atoms with E-state index in [0.717, 1.165) is 11.1 Å². The Morgan fingerprint density at radius 1 is 1.22 bits per heavy atom. The van der Waals surface area contributed by atoms with E-state index >= 15 is 0 Å². The van der Waals surface area contributed by atoms with Gasteiger partial charge in [-0.2, -0.15) is 0 Å². The number of hydrogen-bond donors (Lipinski definition) is 2. The van der Waals surface area contributed by atoms with Crippen LogP contribution in [0.1, 0.15) is 21.6 Å². The molecular weight excluding hydrogens is 370 g/mol. The molecule has 1 amide bonds. The number of nitrogens with zero attached hydrogens (tertiary/aromatic N) is 3. The molecule has 0 atom stereocenters. The van der Waals surface area contributed by atoms with Gasteiger partial charge in [0.2, 0.25) is 6.79 Å². The first kappa shape index (κ1) is 17.2. The molecule has 1 aromatic heterocycles. The van der Waals surface area contributed by atoms with Gasteiger partial charge >= 0.3 is 0 Å². The van der Waals surface area contributed by atoms with Crippen LogP contribution >= 0.6 is 11.6 Å². The van der Waals surface area contributed by atoms with Crippen LogP contribution in [-0.2, 0) is 13.1 Å². The zero-order chi connectivity index (χ0) is 18.8. The van der Waals surface area contributed by atoms with Gasteiger partial charge in [0, 0.05) is 11.6 Å². The standard InChI is InChI=1S/C18H16ClN5O3/c19-13-4-2-1-3-12(13)9-24-17(20)16(22-23-24)18(25)21-8-11-5-6-14-15(7-11)27-10-26-14/h1-7H,8-10,20H2,(H,21,25). The summed E-state index contributed by atoms with van der Waals surface area (Å²) < 4.78 is 12.0. The Bertz CT molecular complexity index is 1000. The Morgan fingerprint density at radius 2 is 2.04 bits per heavy atom. The summed E-state index contributed by atoms with van der Waals surface area (Å²) >= 11 is 6.15. The molecule has 1 aliphatic heterocycles. The molecule has 0 saturated carbocycles. The molecule has 27 heavy (non-hydrogen) atoms. The lowest BCUT2D eigenvalue weighted by molar-refractivity contribution is 0.0946. The van der Waals surface area contributed by atoms with Crippen LogP contribution in [0, 0.1) is 0 Å². The fourth-order valence-corrected chi connectivity index (χ4v) is 2.90. The van der Waals surface area contributed by atoms with Crippen molar-refractivity contribution in [1.82, 2.24) is 20.3 Å². The Hall–Kier alpha value is -3.26. The second-order valence-electron chi connectivity index (χ2n) is 5.94. The third-order valence-corrected chi connectivity index (χ3v) is 4.53. The van der Waals surface area contributed by atoms with Gasteiger partial charge in [0.25, 0.3) is 5.91 Å². The van der Waals surface area contributed by atoms with Crippen LogP contribution in [0.4, 0.5) is 5.82 Å². The molecule has 0 radical (unpaired) electrons. The monoisotopic (exact) mass is 385 g/mol. The number of nitrogens with one attached hydrogen (secondary N) is 1. The number of hydrogen-bond acceptors (Lipinski definition) is 6. The maximum Gasteiger partial charge on any atom is 0.275 e. The van der Waals surface area contributed by atoms with Crippen LogP contribution in [0.2, 0.25) is 5.02 Å². The molecule has 3 N–H and O–H groups in total. The lowest BCUT2D eigenvalue weighted by Crippen LogP contribution is -2.24. The van der Waals surface area contributed by atoms with Crippen molar-refractivity contribution in [1.29, 1.82) is 0 Å². The zero-order valence-corrected chi connectivity index (χ0v) is 14.9. The Morgan fingerprint density at radius 3 is 2.89 bits per heavy atom. The lowest BCUT2D eigenvalue weighted by Gasteiger charge is -2.07. The number of nitrogens with two attached hydrogens (primary N) is 1. The second-order valence-corrected chi connectivity index (χ2v) is 6.35. The normalized spacial score (nSPS) is 12.2. The summed E-state index contributed by atoms with van der Waals surface area (Å²) in [6, 6.07) is 12.8. The van der Waals surface area contributed by atoms with Gasteiger partial charge in [-0.3, -0.25) is 4.79 Å². The predicted octanol–water partition coefficient (Wildman–Crippen LogP) is 2.22. The highest BCUT2D eigenvalue weighted by Crippen LogP contribution is 2.32. The summed E-state index contributed by atoms with van der Waals surface area (Å²) in [5, 5.41) is 11.2. The molecule has 2 aromatic carbocycles. The number of nitrogen functional groups attached to an aromatic ring is 1. The lowest BCUT2D eigenvalue weighted by atomic mass is 10.2. The van der Waals surface area contributed by atoms with E-state index in [1.807, 2.05) is 30.3 Å². The van der Waals surface area contributed by atoms with Crippen LogP contribution in [0.25, 0.3) is 0 Å². The summed E-state index contributed by atoms with van der Waals surface area (Å²) in [6.45, 7) is 0.830. The van der Waals surface area contributed by atoms with E-state index in [-0.39, 0.29) is 18.3 Å². The summed E-state index contributed by atoms with van der Waals surface area (Å²) in [5.74, 6) is 1.12. The predicted molar refractivity (Wildman–Crippen MR) is 98.7 cm³/mol. The maximum atomic E-state index is 12.4. The van der Waals surface area contributed by atoms with Crippen molar-refractivity contribution >= 4 is 23.3 Å². The molecule has 9 heteroatoms. The molecule has 0 spiro atoms. The van der Waals surface area contributed by atoms with E-state index in [0.29, 0.717) is 29.6 Å². The Labute approximate surface area is 159 Å². The van der Waals surface area contributed by atoms with Gasteiger partial charge in [0.15, 0.2) is 23.0 Å². The van der Waals surface area contributed by atoms with Crippen LogP contribution < -0.4 is 20.5 Å². The van der Waals surface area contributed by atoms with Gasteiger partial charge in [-0.05, 0) is 29.3 Å². The summed E-state index contributed by atoms with van der Waals surface area (Å²) in [4.78, 5) is 12.4. The van der Waals surface area contributed by atoms with Gasteiger partial charge < -0.3 is 20.5 Å². The Balaban J connectivity index is 1.43. The molecule has 8 nitrogen and oxygen atoms in total. The van der Waals surface area contributed by atoms with Crippen LogP contribution in [0.15, 0.2) is 42.5 Å². The fraction of sp³-hybridized carbons (Fsp3) is 0.167. The van der Waals surface area contributed by atoms with Gasteiger partial charge in [0.1, 0.15) is 0 Å². The van der Waals surface area contributed by atoms with Crippen molar-refractivity contribution in [3.8, 4) is 11.5 Å². The van der Waals surface area contributed by atoms with E-state index in [2.05, 4.69) is 15.6 Å². The van der Waals surface area contributed by atoms with E-state index in [4.69, 9.17) is 26.8 Å². The van der Waals surface area contributed by atoms with Crippen molar-refractivity contribution in [2.45, 2.75) is 13.1 Å². The van der Waals surface area contributed by atoms with Crippen molar-refractivity contribution in [3.05, 3.63) is 64.3 Å². The quantitative estimate of drug-likeness (QED) is 0.697. The summed E-state index contributed by atoms with van der Waals surface area (Å²) in [5.41, 5.74) is 7.82. The zero-order valence-electron chi connectivity index (χ0n) is 14.2. The largest absolute Gasteiger partial charge is 0.454 e. The highest BCUT2D eigenvalue weighted by atomic mass is 35.5. The molecule has 3 aromatic rings. The number of carbonyl (C=O) groups excluding carboxylic acids is 1. The minimum atomic E-state index is -0.407. The van der Waals surface area contributed by atoms with Gasteiger partial charge in [-0.15, -0.1) is 5.10 Å². The van der Waals surface area contributed by atoms with Crippen molar-refractivity contribution in [2.75, 3.05) is 12.5 Å². The molecule has 0 saturated heterocycles. The number of rotatable bonds is 5. The molecule has 4 rings (SSSR count). The molecule has 0 unspecified atom stereocenters. The topological polar surface area (TPSA) is 104 Å². The fourth-order valence-electron chi connectivity index (χ4n) is 2.70. The number of benzene rings is 2. The maximum absolute atomic E-state index is 12.4. The third kappa shape index (κ3) is 3.52. The smallest absolute Gasteiger partial charge is 0.275 e. The number of halogens is 1. The van der Waals surface area contributed by atoms with Crippen molar-refractivity contribution < 1.29 is 14.3 Å². The highest BCUT2D eigenvalue weighted by Gasteiger charge is 2.19. The van der Waals surface area contributed by atoms with E-state index < -0.39 is 5.91 Å². The van der Waals surface area contributed by atoms with Crippen LogP contribution in [0.3, 0.4) is 0 Å². The summed E-state index contributed by atoms with van der Waals surface area (Å²) in [7, 11) is 0. The number of carbonyl (C=O) groups is 1. The van der Waals surface area contributed by atoms with Crippen LogP contribution in [-0.4, -0.2) is 27.7 Å². The number of aromatic nitrogens is 3. The molecular formula is C18H16ClN5O3. The highest BCUT2D eigenvalue weighted by molar-refractivity contribution is 6.31. The van der Waals surface area contributed by atoms with Gasteiger partial charge in [0.05, 0.1) is 6.54 Å². The first-order valence-electron chi connectivity index (χ1n) is 8.21. The molecule has 0 bridgehead atoms. The van der Waals surface area contributed by atoms with Crippen LogP contribution in [0.5, 0.6) is 11.5 Å². The number of amides is 1. The van der Waals surface area contributed by atoms with Crippen molar-refractivity contribution in [3.63, 3.8) is 0 Å². The molecule has 2 heterocycles. The van der Waals surface area contributed by atoms with E-state index in [9.17, 15) is 4.79 Å². The van der Waals surface area contributed by atoms with Crippen molar-refractivity contribution in [2.24, 2.45) is 0 Å².